The lowest BCUT2D eigenvalue weighted by Crippen LogP contribution is -2.31. The number of sulfone groups is 1. The van der Waals surface area contributed by atoms with Crippen molar-refractivity contribution in [3.8, 4) is 11.5 Å². The summed E-state index contributed by atoms with van der Waals surface area (Å²) in [4.78, 5) is 12.7. The molecule has 7 nitrogen and oxygen atoms in total. The first-order valence-electron chi connectivity index (χ1n) is 9.77. The Labute approximate surface area is 181 Å². The molecule has 0 fully saturated rings. The largest absolute Gasteiger partial charge is 0.497 e. The number of amides is 1. The predicted molar refractivity (Wildman–Crippen MR) is 116 cm³/mol. The number of hydrogen-bond acceptors (Lipinski definition) is 6. The molecule has 2 aromatic carbocycles. The number of benzene rings is 2. The van der Waals surface area contributed by atoms with Gasteiger partial charge in [0.2, 0.25) is 0 Å². The van der Waals surface area contributed by atoms with Gasteiger partial charge in [0.05, 0.1) is 24.4 Å². The molecule has 1 atom stereocenters. The molecule has 0 bridgehead atoms. The van der Waals surface area contributed by atoms with E-state index in [4.69, 9.17) is 13.9 Å². The minimum Gasteiger partial charge on any atom is -0.497 e. The van der Waals surface area contributed by atoms with Crippen molar-refractivity contribution in [2.24, 2.45) is 0 Å². The van der Waals surface area contributed by atoms with E-state index >= 15 is 0 Å². The Hall–Kier alpha value is -3.26. The molecule has 164 valence electrons. The lowest BCUT2D eigenvalue weighted by molar-refractivity contribution is 0.0953. The van der Waals surface area contributed by atoms with Crippen LogP contribution in [-0.4, -0.2) is 34.1 Å². The molecule has 1 amide bonds. The lowest BCUT2D eigenvalue weighted by atomic mass is 10.2. The molecule has 8 heteroatoms. The van der Waals surface area contributed by atoms with Crippen molar-refractivity contribution < 1.29 is 27.1 Å². The topological polar surface area (TPSA) is 94.8 Å². The Bertz CT molecular complexity index is 1090. The van der Waals surface area contributed by atoms with Gasteiger partial charge in [-0.25, -0.2) is 8.42 Å². The van der Waals surface area contributed by atoms with Crippen LogP contribution >= 0.6 is 0 Å². The number of carbonyl (C=O) groups is 1. The van der Waals surface area contributed by atoms with Crippen molar-refractivity contribution in [3.63, 3.8) is 0 Å². The number of furan rings is 1. The molecular weight excluding hydrogens is 418 g/mol. The molecule has 0 saturated heterocycles. The van der Waals surface area contributed by atoms with E-state index in [-0.39, 0.29) is 23.3 Å². The Morgan fingerprint density at radius 2 is 1.65 bits per heavy atom. The normalized spacial score (nSPS) is 12.4. The molecule has 3 rings (SSSR count). The number of rotatable bonds is 9. The minimum absolute atomic E-state index is 0.0249. The van der Waals surface area contributed by atoms with Crippen LogP contribution in [0.2, 0.25) is 0 Å². The number of hydrogen-bond donors (Lipinski definition) is 1. The van der Waals surface area contributed by atoms with Crippen molar-refractivity contribution in [1.29, 1.82) is 0 Å². The molecule has 3 aromatic rings. The van der Waals surface area contributed by atoms with Crippen molar-refractivity contribution in [3.05, 3.63) is 78.3 Å². The molecular formula is C23H25NO6S. The van der Waals surface area contributed by atoms with Crippen molar-refractivity contribution in [2.45, 2.75) is 30.1 Å². The third-order valence-corrected chi connectivity index (χ3v) is 6.64. The summed E-state index contributed by atoms with van der Waals surface area (Å²) < 4.78 is 42.6. The summed E-state index contributed by atoms with van der Waals surface area (Å²) in [5, 5.41) is 1.62. The first-order valence-corrected chi connectivity index (χ1v) is 11.3. The molecule has 0 saturated carbocycles. The minimum atomic E-state index is -3.83. The summed E-state index contributed by atoms with van der Waals surface area (Å²) in [5.41, 5.74) is 0.399. The van der Waals surface area contributed by atoms with E-state index in [1.165, 1.54) is 25.5 Å². The Kier molecular flexibility index (Phi) is 7.02. The molecule has 0 aliphatic heterocycles. The van der Waals surface area contributed by atoms with Gasteiger partial charge in [0.15, 0.2) is 9.84 Å². The van der Waals surface area contributed by atoms with Crippen LogP contribution in [0, 0.1) is 0 Å². The van der Waals surface area contributed by atoms with Gasteiger partial charge in [-0.1, -0.05) is 0 Å². The smallest absolute Gasteiger partial charge is 0.251 e. The summed E-state index contributed by atoms with van der Waals surface area (Å²) in [6.45, 7) is 3.68. The maximum atomic E-state index is 13.3. The van der Waals surface area contributed by atoms with E-state index in [1.54, 1.807) is 48.5 Å². The Morgan fingerprint density at radius 1 is 1.00 bits per heavy atom. The molecule has 0 aliphatic carbocycles. The zero-order valence-corrected chi connectivity index (χ0v) is 18.4. The monoisotopic (exact) mass is 443 g/mol. The van der Waals surface area contributed by atoms with Gasteiger partial charge in [-0.2, -0.15) is 0 Å². The predicted octanol–water partition coefficient (Wildman–Crippen LogP) is 4.02. The highest BCUT2D eigenvalue weighted by Crippen LogP contribution is 2.30. The zero-order chi connectivity index (χ0) is 22.4. The SMILES string of the molecule is COc1ccc(S(=O)(=O)[C@@H](CNC(=O)c2ccc(OC(C)C)cc2)c2ccco2)cc1. The van der Waals surface area contributed by atoms with Crippen LogP contribution in [0.1, 0.15) is 35.2 Å². The van der Waals surface area contributed by atoms with Crippen molar-refractivity contribution in [2.75, 3.05) is 13.7 Å². The summed E-state index contributed by atoms with van der Waals surface area (Å²) in [7, 11) is -2.32. The fourth-order valence-electron chi connectivity index (χ4n) is 3.01. The third-order valence-electron chi connectivity index (χ3n) is 4.56. The molecule has 0 unspecified atom stereocenters. The van der Waals surface area contributed by atoms with Gasteiger partial charge in [0.25, 0.3) is 5.91 Å². The van der Waals surface area contributed by atoms with Gasteiger partial charge in [-0.05, 0) is 74.5 Å². The molecule has 0 radical (unpaired) electrons. The molecule has 1 N–H and O–H groups in total. The summed E-state index contributed by atoms with van der Waals surface area (Å²) in [6, 6.07) is 16.0. The van der Waals surface area contributed by atoms with Crippen LogP contribution < -0.4 is 14.8 Å². The third kappa shape index (κ3) is 5.46. The van der Waals surface area contributed by atoms with Gasteiger partial charge in [-0.15, -0.1) is 0 Å². The van der Waals surface area contributed by atoms with Gasteiger partial charge in [0.1, 0.15) is 22.5 Å². The van der Waals surface area contributed by atoms with E-state index < -0.39 is 21.0 Å². The molecule has 0 spiro atoms. The van der Waals surface area contributed by atoms with Crippen LogP contribution in [0.25, 0.3) is 0 Å². The standard InChI is InChI=1S/C23H25NO6S/c1-16(2)30-19-8-6-17(7-9-19)23(25)24-15-22(21-5-4-14-29-21)31(26,27)20-12-10-18(28-3)11-13-20/h4-14,16,22H,15H2,1-3H3,(H,24,25)/t22-/m0/s1. The molecule has 0 aliphatic rings. The maximum absolute atomic E-state index is 13.3. The molecule has 31 heavy (non-hydrogen) atoms. The van der Waals surface area contributed by atoms with E-state index in [0.29, 0.717) is 17.1 Å². The highest BCUT2D eigenvalue weighted by Gasteiger charge is 2.32. The Balaban J connectivity index is 1.78. The van der Waals surface area contributed by atoms with Crippen LogP contribution in [-0.2, 0) is 9.84 Å². The van der Waals surface area contributed by atoms with Crippen molar-refractivity contribution in [1.82, 2.24) is 5.32 Å². The van der Waals surface area contributed by atoms with Gasteiger partial charge < -0.3 is 19.2 Å². The quantitative estimate of drug-likeness (QED) is 0.537. The molecule has 1 heterocycles. The second-order valence-corrected chi connectivity index (χ2v) is 9.26. The lowest BCUT2D eigenvalue weighted by Gasteiger charge is -2.17. The fourth-order valence-corrected chi connectivity index (χ4v) is 4.60. The van der Waals surface area contributed by atoms with Gasteiger partial charge >= 0.3 is 0 Å². The van der Waals surface area contributed by atoms with E-state index in [1.807, 2.05) is 13.8 Å². The second kappa shape index (κ2) is 9.70. The highest BCUT2D eigenvalue weighted by atomic mass is 32.2. The number of ether oxygens (including phenoxy) is 2. The second-order valence-electron chi connectivity index (χ2n) is 7.13. The van der Waals surface area contributed by atoms with Gasteiger partial charge in [0, 0.05) is 12.1 Å². The van der Waals surface area contributed by atoms with Gasteiger partial charge in [-0.3, -0.25) is 4.79 Å². The summed E-state index contributed by atoms with van der Waals surface area (Å²) >= 11 is 0. The van der Waals surface area contributed by atoms with Crippen LogP contribution in [0.5, 0.6) is 11.5 Å². The van der Waals surface area contributed by atoms with Crippen LogP contribution in [0.15, 0.2) is 76.2 Å². The first-order chi connectivity index (χ1) is 14.8. The van der Waals surface area contributed by atoms with E-state index in [0.717, 1.165) is 0 Å². The average Bonchev–Trinajstić information content (AvgIpc) is 3.28. The van der Waals surface area contributed by atoms with E-state index in [2.05, 4.69) is 5.32 Å². The maximum Gasteiger partial charge on any atom is 0.251 e. The van der Waals surface area contributed by atoms with Crippen molar-refractivity contribution >= 4 is 15.7 Å². The summed E-state index contributed by atoms with van der Waals surface area (Å²) in [6.07, 6.45) is 1.43. The molecule has 1 aromatic heterocycles. The fraction of sp³-hybridized carbons (Fsp3) is 0.261. The number of nitrogens with one attached hydrogen (secondary N) is 1. The average molecular weight is 444 g/mol. The van der Waals surface area contributed by atoms with Crippen LogP contribution in [0.3, 0.4) is 0 Å². The van der Waals surface area contributed by atoms with Crippen LogP contribution in [0.4, 0.5) is 0 Å². The first kappa shape index (κ1) is 22.4. The zero-order valence-electron chi connectivity index (χ0n) is 17.6. The highest BCUT2D eigenvalue weighted by molar-refractivity contribution is 7.91. The summed E-state index contributed by atoms with van der Waals surface area (Å²) in [5.74, 6) is 1.06. The Morgan fingerprint density at radius 3 is 2.19 bits per heavy atom. The van der Waals surface area contributed by atoms with E-state index in [9.17, 15) is 13.2 Å². The number of carbonyl (C=O) groups excluding carboxylic acids is 1. The number of methoxy groups -OCH3 is 1.